The fourth-order valence-electron chi connectivity index (χ4n) is 2.78. The summed E-state index contributed by atoms with van der Waals surface area (Å²) in [6.07, 6.45) is 1.55. The van der Waals surface area contributed by atoms with E-state index in [1.165, 1.54) is 0 Å². The molecule has 1 aromatic carbocycles. The SMILES string of the molecule is CN1CCN(C(=O)c2coc3ccccc23)[C@@H](CN)C1. The lowest BCUT2D eigenvalue weighted by Crippen LogP contribution is -2.56. The van der Waals surface area contributed by atoms with E-state index in [9.17, 15) is 4.79 Å². The van der Waals surface area contributed by atoms with Crippen molar-refractivity contribution in [3.05, 3.63) is 36.1 Å². The predicted octanol–water partition coefficient (Wildman–Crippen LogP) is 1.15. The van der Waals surface area contributed by atoms with Gasteiger partial charge >= 0.3 is 0 Å². The van der Waals surface area contributed by atoms with Crippen molar-refractivity contribution in [2.75, 3.05) is 33.2 Å². The van der Waals surface area contributed by atoms with E-state index in [-0.39, 0.29) is 11.9 Å². The highest BCUT2D eigenvalue weighted by Crippen LogP contribution is 2.23. The number of nitrogens with zero attached hydrogens (tertiary/aromatic N) is 2. The maximum Gasteiger partial charge on any atom is 0.258 e. The number of furan rings is 1. The average molecular weight is 273 g/mol. The van der Waals surface area contributed by atoms with Crippen LogP contribution in [0.5, 0.6) is 0 Å². The smallest absolute Gasteiger partial charge is 0.258 e. The number of nitrogens with two attached hydrogens (primary N) is 1. The van der Waals surface area contributed by atoms with Crippen LogP contribution in [0, 0.1) is 0 Å². The summed E-state index contributed by atoms with van der Waals surface area (Å²) >= 11 is 0. The third kappa shape index (κ3) is 2.19. The molecule has 20 heavy (non-hydrogen) atoms. The molecular weight excluding hydrogens is 254 g/mol. The van der Waals surface area contributed by atoms with E-state index in [0.717, 1.165) is 24.1 Å². The lowest BCUT2D eigenvalue weighted by molar-refractivity contribution is 0.0517. The number of piperazine rings is 1. The minimum atomic E-state index is 0.0125. The summed E-state index contributed by atoms with van der Waals surface area (Å²) in [6.45, 7) is 2.87. The quantitative estimate of drug-likeness (QED) is 0.891. The zero-order chi connectivity index (χ0) is 14.1. The lowest BCUT2D eigenvalue weighted by atomic mass is 10.1. The van der Waals surface area contributed by atoms with E-state index < -0.39 is 0 Å². The molecule has 5 heteroatoms. The molecule has 0 bridgehead atoms. The average Bonchev–Trinajstić information content (AvgIpc) is 2.90. The van der Waals surface area contributed by atoms with Crippen LogP contribution in [0.25, 0.3) is 11.0 Å². The van der Waals surface area contributed by atoms with Crippen LogP contribution in [0.15, 0.2) is 34.9 Å². The van der Waals surface area contributed by atoms with Crippen LogP contribution in [0.4, 0.5) is 0 Å². The van der Waals surface area contributed by atoms with Gasteiger partial charge in [-0.3, -0.25) is 4.79 Å². The molecule has 1 fully saturated rings. The van der Waals surface area contributed by atoms with Gasteiger partial charge in [0.15, 0.2) is 0 Å². The first-order valence-electron chi connectivity index (χ1n) is 6.86. The molecule has 1 aromatic heterocycles. The highest BCUT2D eigenvalue weighted by Gasteiger charge is 2.30. The van der Waals surface area contributed by atoms with Crippen molar-refractivity contribution in [1.82, 2.24) is 9.80 Å². The molecule has 2 N–H and O–H groups in total. The van der Waals surface area contributed by atoms with Gasteiger partial charge in [-0.1, -0.05) is 18.2 Å². The van der Waals surface area contributed by atoms with Crippen molar-refractivity contribution in [2.24, 2.45) is 5.73 Å². The molecule has 1 aliphatic rings. The van der Waals surface area contributed by atoms with Crippen LogP contribution >= 0.6 is 0 Å². The number of hydrogen-bond acceptors (Lipinski definition) is 4. The summed E-state index contributed by atoms with van der Waals surface area (Å²) in [5.74, 6) is 0.0125. The molecule has 1 saturated heterocycles. The standard InChI is InChI=1S/C15H19N3O2/c1-17-6-7-18(11(8-16)9-17)15(19)13-10-20-14-5-3-2-4-12(13)14/h2-5,10-11H,6-9,16H2,1H3/t11-/m0/s1. The molecule has 5 nitrogen and oxygen atoms in total. The number of carbonyl (C=O) groups excluding carboxylic acids is 1. The summed E-state index contributed by atoms with van der Waals surface area (Å²) in [5, 5.41) is 0.868. The van der Waals surface area contributed by atoms with Gasteiger partial charge in [0, 0.05) is 31.6 Å². The van der Waals surface area contributed by atoms with E-state index >= 15 is 0 Å². The van der Waals surface area contributed by atoms with Gasteiger partial charge in [0.2, 0.25) is 0 Å². The fraction of sp³-hybridized carbons (Fsp3) is 0.400. The number of likely N-dealkylation sites (N-methyl/N-ethyl adjacent to an activating group) is 1. The number of amides is 1. The molecule has 0 unspecified atom stereocenters. The Kier molecular flexibility index (Phi) is 3.46. The minimum Gasteiger partial charge on any atom is -0.463 e. The van der Waals surface area contributed by atoms with Crippen LogP contribution in [-0.4, -0.2) is 55.0 Å². The van der Waals surface area contributed by atoms with Gasteiger partial charge in [0.05, 0.1) is 11.6 Å². The minimum absolute atomic E-state index is 0.0125. The molecule has 0 spiro atoms. The molecule has 0 saturated carbocycles. The van der Waals surface area contributed by atoms with Crippen molar-refractivity contribution in [3.63, 3.8) is 0 Å². The topological polar surface area (TPSA) is 62.7 Å². The molecule has 2 aromatic rings. The van der Waals surface area contributed by atoms with Gasteiger partial charge in [0.1, 0.15) is 11.8 Å². The van der Waals surface area contributed by atoms with Crippen LogP contribution in [0.1, 0.15) is 10.4 Å². The first-order valence-corrected chi connectivity index (χ1v) is 6.86. The summed E-state index contributed by atoms with van der Waals surface area (Å²) < 4.78 is 5.46. The summed E-state index contributed by atoms with van der Waals surface area (Å²) in [5.41, 5.74) is 7.19. The Labute approximate surface area is 117 Å². The Bertz CT molecular complexity index is 622. The van der Waals surface area contributed by atoms with Crippen LogP contribution in [-0.2, 0) is 0 Å². The maximum atomic E-state index is 12.7. The number of hydrogen-bond donors (Lipinski definition) is 1. The summed E-state index contributed by atoms with van der Waals surface area (Å²) in [6, 6.07) is 7.67. The molecule has 0 aliphatic carbocycles. The molecule has 2 heterocycles. The number of fused-ring (bicyclic) bond motifs is 1. The van der Waals surface area contributed by atoms with Crippen molar-refractivity contribution in [3.8, 4) is 0 Å². The molecule has 0 radical (unpaired) electrons. The number of carbonyl (C=O) groups is 1. The second-order valence-electron chi connectivity index (χ2n) is 5.30. The monoisotopic (exact) mass is 273 g/mol. The molecule has 1 aliphatic heterocycles. The zero-order valence-electron chi connectivity index (χ0n) is 11.6. The lowest BCUT2D eigenvalue weighted by Gasteiger charge is -2.39. The fourth-order valence-corrected chi connectivity index (χ4v) is 2.78. The van der Waals surface area contributed by atoms with E-state index in [2.05, 4.69) is 11.9 Å². The third-order valence-electron chi connectivity index (χ3n) is 3.93. The van der Waals surface area contributed by atoms with Crippen LogP contribution < -0.4 is 5.73 Å². The van der Waals surface area contributed by atoms with Gasteiger partial charge < -0.3 is 20.0 Å². The van der Waals surface area contributed by atoms with Gasteiger partial charge in [-0.15, -0.1) is 0 Å². The van der Waals surface area contributed by atoms with Crippen molar-refractivity contribution in [2.45, 2.75) is 6.04 Å². The summed E-state index contributed by atoms with van der Waals surface area (Å²) in [4.78, 5) is 16.8. The Hall–Kier alpha value is -1.85. The molecular formula is C15H19N3O2. The van der Waals surface area contributed by atoms with Crippen molar-refractivity contribution in [1.29, 1.82) is 0 Å². The number of rotatable bonds is 2. The van der Waals surface area contributed by atoms with Gasteiger partial charge in [-0.05, 0) is 13.1 Å². The molecule has 1 atom stereocenters. The van der Waals surface area contributed by atoms with Gasteiger partial charge in [-0.2, -0.15) is 0 Å². The maximum absolute atomic E-state index is 12.7. The molecule has 106 valence electrons. The largest absolute Gasteiger partial charge is 0.463 e. The third-order valence-corrected chi connectivity index (χ3v) is 3.93. The number of benzene rings is 1. The number of para-hydroxylation sites is 1. The Balaban J connectivity index is 1.91. The Morgan fingerprint density at radius 3 is 3.00 bits per heavy atom. The van der Waals surface area contributed by atoms with Gasteiger partial charge in [-0.25, -0.2) is 0 Å². The predicted molar refractivity (Wildman–Crippen MR) is 77.6 cm³/mol. The van der Waals surface area contributed by atoms with E-state index in [1.807, 2.05) is 29.2 Å². The van der Waals surface area contributed by atoms with Gasteiger partial charge in [0.25, 0.3) is 5.91 Å². The highest BCUT2D eigenvalue weighted by atomic mass is 16.3. The highest BCUT2D eigenvalue weighted by molar-refractivity contribution is 6.06. The van der Waals surface area contributed by atoms with E-state index in [4.69, 9.17) is 10.2 Å². The van der Waals surface area contributed by atoms with E-state index in [0.29, 0.717) is 18.7 Å². The van der Waals surface area contributed by atoms with Crippen LogP contribution in [0.2, 0.25) is 0 Å². The Morgan fingerprint density at radius 2 is 2.20 bits per heavy atom. The molecule has 3 rings (SSSR count). The second kappa shape index (κ2) is 5.26. The van der Waals surface area contributed by atoms with Crippen molar-refractivity contribution >= 4 is 16.9 Å². The first kappa shape index (κ1) is 13.1. The van der Waals surface area contributed by atoms with Crippen LogP contribution in [0.3, 0.4) is 0 Å². The first-order chi connectivity index (χ1) is 9.70. The Morgan fingerprint density at radius 1 is 1.40 bits per heavy atom. The second-order valence-corrected chi connectivity index (χ2v) is 5.30. The van der Waals surface area contributed by atoms with E-state index in [1.54, 1.807) is 6.26 Å². The summed E-state index contributed by atoms with van der Waals surface area (Å²) in [7, 11) is 2.05. The zero-order valence-corrected chi connectivity index (χ0v) is 11.6. The normalized spacial score (nSPS) is 20.5. The molecule has 1 amide bonds. The van der Waals surface area contributed by atoms with Crippen molar-refractivity contribution < 1.29 is 9.21 Å².